The van der Waals surface area contributed by atoms with Gasteiger partial charge < -0.3 is 9.64 Å². The van der Waals surface area contributed by atoms with Crippen LogP contribution in [0.15, 0.2) is 69.6 Å². The van der Waals surface area contributed by atoms with Gasteiger partial charge in [0.2, 0.25) is 0 Å². The van der Waals surface area contributed by atoms with E-state index >= 15 is 0 Å². The molecule has 2 heterocycles. The first-order valence-corrected chi connectivity index (χ1v) is 12.6. The van der Waals surface area contributed by atoms with Crippen molar-refractivity contribution in [3.63, 3.8) is 0 Å². The minimum Gasteiger partial charge on any atom is -0.434 e. The van der Waals surface area contributed by atoms with Gasteiger partial charge in [-0.15, -0.1) is 0 Å². The Bertz CT molecular complexity index is 1490. The largest absolute Gasteiger partial charge is 0.434 e. The summed E-state index contributed by atoms with van der Waals surface area (Å²) in [5, 5.41) is 0.527. The van der Waals surface area contributed by atoms with E-state index in [-0.39, 0.29) is 21.7 Å². The normalized spacial score (nSPS) is 15.6. The number of allylic oxidation sites excluding steroid dienone is 1. The van der Waals surface area contributed by atoms with Crippen molar-refractivity contribution >= 4 is 34.9 Å². The van der Waals surface area contributed by atoms with Gasteiger partial charge in [0.15, 0.2) is 4.80 Å². The fourth-order valence-electron chi connectivity index (χ4n) is 4.18. The van der Waals surface area contributed by atoms with Crippen LogP contribution in [0.5, 0.6) is 5.75 Å². The highest BCUT2D eigenvalue weighted by molar-refractivity contribution is 7.07. The Balaban J connectivity index is 1.94. The summed E-state index contributed by atoms with van der Waals surface area (Å²) in [5.41, 5.74) is 1.57. The maximum absolute atomic E-state index is 13.7. The predicted molar refractivity (Wildman–Crippen MR) is 136 cm³/mol. The molecule has 10 heteroatoms. The van der Waals surface area contributed by atoms with Crippen molar-refractivity contribution in [2.45, 2.75) is 33.4 Å². The molecule has 0 radical (unpaired) electrons. The van der Waals surface area contributed by atoms with Crippen molar-refractivity contribution in [1.82, 2.24) is 9.47 Å². The lowest BCUT2D eigenvalue weighted by atomic mass is 9.94. The predicted octanol–water partition coefficient (Wildman–Crippen LogP) is 4.36. The van der Waals surface area contributed by atoms with E-state index in [4.69, 9.17) is 11.6 Å². The number of rotatable bonds is 7. The van der Waals surface area contributed by atoms with Crippen LogP contribution in [0.4, 0.5) is 8.78 Å². The van der Waals surface area contributed by atoms with Crippen LogP contribution in [0.3, 0.4) is 0 Å². The number of benzene rings is 2. The summed E-state index contributed by atoms with van der Waals surface area (Å²) in [4.78, 5) is 34.0. The maximum Gasteiger partial charge on any atom is 0.387 e. The van der Waals surface area contributed by atoms with Crippen LogP contribution in [-0.2, 0) is 4.79 Å². The molecular weight excluding hydrogens is 508 g/mol. The van der Waals surface area contributed by atoms with Gasteiger partial charge in [-0.2, -0.15) is 8.78 Å². The molecule has 188 valence electrons. The SMILES string of the molecule is CCN(CC)C(=O)C1=C(C)N=c2s/c(=C\c3ccccc3OC(F)F)c(=O)n2[C@@H]1c1ccc(Cl)cc1. The smallest absolute Gasteiger partial charge is 0.387 e. The molecule has 1 atom stereocenters. The number of carbonyl (C=O) groups is 1. The lowest BCUT2D eigenvalue weighted by molar-refractivity contribution is -0.127. The van der Waals surface area contributed by atoms with Gasteiger partial charge in [0, 0.05) is 23.7 Å². The summed E-state index contributed by atoms with van der Waals surface area (Å²) in [7, 11) is 0. The fourth-order valence-corrected chi connectivity index (χ4v) is 5.34. The summed E-state index contributed by atoms with van der Waals surface area (Å²) < 4.78 is 32.2. The van der Waals surface area contributed by atoms with E-state index in [2.05, 4.69) is 9.73 Å². The number of aromatic nitrogens is 1. The molecule has 0 spiro atoms. The zero-order chi connectivity index (χ0) is 26.0. The van der Waals surface area contributed by atoms with Crippen molar-refractivity contribution in [3.8, 4) is 5.75 Å². The van der Waals surface area contributed by atoms with Crippen LogP contribution in [0, 0.1) is 0 Å². The Morgan fingerprint density at radius 2 is 1.86 bits per heavy atom. The summed E-state index contributed by atoms with van der Waals surface area (Å²) in [6.07, 6.45) is 1.51. The van der Waals surface area contributed by atoms with Crippen molar-refractivity contribution in [3.05, 3.63) is 95.6 Å². The molecule has 1 aromatic heterocycles. The average Bonchev–Trinajstić information content (AvgIpc) is 3.14. The van der Waals surface area contributed by atoms with Gasteiger partial charge in [0.1, 0.15) is 5.75 Å². The minimum atomic E-state index is -3.00. The number of amides is 1. The summed E-state index contributed by atoms with van der Waals surface area (Å²) >= 11 is 7.23. The molecule has 0 fully saturated rings. The van der Waals surface area contributed by atoms with Gasteiger partial charge in [0.05, 0.1) is 21.8 Å². The van der Waals surface area contributed by atoms with E-state index < -0.39 is 12.7 Å². The summed E-state index contributed by atoms with van der Waals surface area (Å²) in [6.45, 7) is 3.55. The van der Waals surface area contributed by atoms with Gasteiger partial charge in [-0.05, 0) is 50.6 Å². The van der Waals surface area contributed by atoms with Crippen LogP contribution in [-0.4, -0.2) is 35.1 Å². The third-order valence-corrected chi connectivity index (χ3v) is 7.15. The molecule has 0 N–H and O–H groups in total. The zero-order valence-electron chi connectivity index (χ0n) is 19.9. The van der Waals surface area contributed by atoms with Crippen LogP contribution in [0.25, 0.3) is 6.08 Å². The Hall–Kier alpha value is -3.30. The van der Waals surface area contributed by atoms with Gasteiger partial charge in [-0.25, -0.2) is 4.99 Å². The van der Waals surface area contributed by atoms with E-state index in [1.54, 1.807) is 54.3 Å². The molecule has 0 saturated heterocycles. The van der Waals surface area contributed by atoms with Crippen molar-refractivity contribution in [2.24, 2.45) is 4.99 Å². The van der Waals surface area contributed by atoms with E-state index in [1.165, 1.54) is 16.7 Å². The molecule has 36 heavy (non-hydrogen) atoms. The van der Waals surface area contributed by atoms with Crippen LogP contribution in [0.1, 0.15) is 37.9 Å². The minimum absolute atomic E-state index is 0.0406. The molecular formula is C26H24ClF2N3O3S. The molecule has 4 rings (SSSR count). The van der Waals surface area contributed by atoms with Gasteiger partial charge in [0.25, 0.3) is 11.5 Å². The number of ether oxygens (including phenoxy) is 1. The number of nitrogens with zero attached hydrogens (tertiary/aromatic N) is 3. The van der Waals surface area contributed by atoms with Crippen molar-refractivity contribution < 1.29 is 18.3 Å². The lowest BCUT2D eigenvalue weighted by Crippen LogP contribution is -2.43. The molecule has 1 aliphatic rings. The lowest BCUT2D eigenvalue weighted by Gasteiger charge is -2.29. The molecule has 0 saturated carbocycles. The van der Waals surface area contributed by atoms with Crippen molar-refractivity contribution in [1.29, 1.82) is 0 Å². The van der Waals surface area contributed by atoms with Crippen molar-refractivity contribution in [2.75, 3.05) is 13.1 Å². The summed E-state index contributed by atoms with van der Waals surface area (Å²) in [6, 6.07) is 12.5. The van der Waals surface area contributed by atoms with Crippen LogP contribution < -0.4 is 19.6 Å². The van der Waals surface area contributed by atoms with Gasteiger partial charge in [-0.3, -0.25) is 14.2 Å². The number of hydrogen-bond donors (Lipinski definition) is 0. The Morgan fingerprint density at radius 3 is 2.50 bits per heavy atom. The molecule has 1 amide bonds. The van der Waals surface area contributed by atoms with Crippen LogP contribution in [0.2, 0.25) is 5.02 Å². The standard InChI is InChI=1S/C26H24ClF2N3O3S/c1-4-31(5-2)24(34)21-15(3)30-26-32(22(21)16-10-12-18(27)13-11-16)23(33)20(36-26)14-17-8-6-7-9-19(17)35-25(28)29/h6-14,22,25H,4-5H2,1-3H3/b20-14-/t22-/m1/s1. The molecule has 2 aromatic carbocycles. The number of fused-ring (bicyclic) bond motifs is 1. The summed E-state index contributed by atoms with van der Waals surface area (Å²) in [5.74, 6) is -0.243. The highest BCUT2D eigenvalue weighted by Gasteiger charge is 2.34. The number of alkyl halides is 2. The monoisotopic (exact) mass is 531 g/mol. The number of para-hydroxylation sites is 1. The molecule has 0 aliphatic carbocycles. The highest BCUT2D eigenvalue weighted by Crippen LogP contribution is 2.32. The Morgan fingerprint density at radius 1 is 1.19 bits per heavy atom. The van der Waals surface area contributed by atoms with E-state index in [0.29, 0.717) is 45.3 Å². The van der Waals surface area contributed by atoms with E-state index in [1.807, 2.05) is 13.8 Å². The molecule has 3 aromatic rings. The molecule has 6 nitrogen and oxygen atoms in total. The maximum atomic E-state index is 13.7. The highest BCUT2D eigenvalue weighted by atomic mass is 35.5. The Kier molecular flexibility index (Phi) is 7.70. The average molecular weight is 532 g/mol. The van der Waals surface area contributed by atoms with E-state index in [9.17, 15) is 18.4 Å². The first-order valence-electron chi connectivity index (χ1n) is 11.4. The Labute approximate surface area is 215 Å². The molecule has 0 unspecified atom stereocenters. The quantitative estimate of drug-likeness (QED) is 0.455. The van der Waals surface area contributed by atoms with Crippen LogP contribution >= 0.6 is 22.9 Å². The number of hydrogen-bond acceptors (Lipinski definition) is 5. The molecule has 0 bridgehead atoms. The number of carbonyl (C=O) groups excluding carboxylic acids is 1. The first-order chi connectivity index (χ1) is 17.2. The second-order valence-corrected chi connectivity index (χ2v) is 9.47. The van der Waals surface area contributed by atoms with Gasteiger partial charge in [-0.1, -0.05) is 53.3 Å². The second-order valence-electron chi connectivity index (χ2n) is 8.03. The zero-order valence-corrected chi connectivity index (χ0v) is 21.4. The number of halogens is 3. The van der Waals surface area contributed by atoms with E-state index in [0.717, 1.165) is 11.3 Å². The third-order valence-electron chi connectivity index (χ3n) is 5.91. The number of thiazole rings is 1. The fraction of sp³-hybridized carbons (Fsp3) is 0.269. The first kappa shape index (κ1) is 25.8. The van der Waals surface area contributed by atoms with Gasteiger partial charge >= 0.3 is 6.61 Å². The third kappa shape index (κ3) is 4.99. The number of likely N-dealkylation sites (N-methyl/N-ethyl adjacent to an activating group) is 1. The topological polar surface area (TPSA) is 63.9 Å². The molecule has 1 aliphatic heterocycles. The second kappa shape index (κ2) is 10.8.